The molecule has 0 aromatic heterocycles. The molecule has 17 heavy (non-hydrogen) atoms. The summed E-state index contributed by atoms with van der Waals surface area (Å²) in [5.74, 6) is -0.141. The molecule has 0 aliphatic heterocycles. The van der Waals surface area contributed by atoms with E-state index < -0.39 is 17.8 Å². The highest BCUT2D eigenvalue weighted by atomic mass is 19.4. The summed E-state index contributed by atoms with van der Waals surface area (Å²) >= 11 is 0. The molecule has 0 amide bonds. The number of hydrogen-bond acceptors (Lipinski definition) is 1. The predicted octanol–water partition coefficient (Wildman–Crippen LogP) is 3.97. The summed E-state index contributed by atoms with van der Waals surface area (Å²) in [5.41, 5.74) is 0.0809. The van der Waals surface area contributed by atoms with Crippen LogP contribution in [0.5, 0.6) is 0 Å². The summed E-state index contributed by atoms with van der Waals surface area (Å²) < 4.78 is 37.1. The van der Waals surface area contributed by atoms with Crippen LogP contribution in [0.1, 0.15) is 43.7 Å². The van der Waals surface area contributed by atoms with E-state index in [1.165, 1.54) is 12.1 Å². The smallest absolute Gasteiger partial charge is 0.393 e. The number of aliphatic hydroxyl groups is 1. The largest absolute Gasteiger partial charge is 0.416 e. The molecule has 4 heteroatoms. The van der Waals surface area contributed by atoms with E-state index in [4.69, 9.17) is 0 Å². The van der Waals surface area contributed by atoms with E-state index in [0.29, 0.717) is 6.42 Å². The fourth-order valence-electron chi connectivity index (χ4n) is 1.74. The Kier molecular flexibility index (Phi) is 4.57. The summed E-state index contributed by atoms with van der Waals surface area (Å²) in [5, 5.41) is 9.78. The van der Waals surface area contributed by atoms with Crippen LogP contribution in [0.3, 0.4) is 0 Å². The summed E-state index contributed by atoms with van der Waals surface area (Å²) in [6, 6.07) is 4.99. The lowest BCUT2D eigenvalue weighted by Crippen LogP contribution is -2.15. The van der Waals surface area contributed by atoms with Gasteiger partial charge < -0.3 is 5.11 Å². The lowest BCUT2D eigenvalue weighted by Gasteiger charge is -2.19. The summed E-state index contributed by atoms with van der Waals surface area (Å²) in [4.78, 5) is 0. The Hall–Kier alpha value is -1.03. The van der Waals surface area contributed by atoms with Crippen LogP contribution in [0.4, 0.5) is 13.2 Å². The Morgan fingerprint density at radius 3 is 2.12 bits per heavy atom. The first-order chi connectivity index (χ1) is 7.86. The van der Waals surface area contributed by atoms with E-state index in [1.807, 2.05) is 13.8 Å². The Bertz CT molecular complexity index is 343. The topological polar surface area (TPSA) is 20.2 Å². The van der Waals surface area contributed by atoms with Gasteiger partial charge in [-0.1, -0.05) is 32.4 Å². The molecule has 1 N–H and O–H groups in total. The van der Waals surface area contributed by atoms with Crippen molar-refractivity contribution in [3.05, 3.63) is 35.4 Å². The molecule has 2 atom stereocenters. The summed E-state index contributed by atoms with van der Waals surface area (Å²) in [6.07, 6.45) is -3.30. The number of rotatable bonds is 4. The van der Waals surface area contributed by atoms with Gasteiger partial charge in [0.1, 0.15) is 0 Å². The molecule has 1 aromatic carbocycles. The number of benzene rings is 1. The summed E-state index contributed by atoms with van der Waals surface area (Å²) in [6.45, 7) is 3.78. The Morgan fingerprint density at radius 1 is 1.18 bits per heavy atom. The second-order valence-electron chi connectivity index (χ2n) is 4.26. The maximum absolute atomic E-state index is 12.4. The Morgan fingerprint density at radius 2 is 1.71 bits per heavy atom. The highest BCUT2D eigenvalue weighted by Crippen LogP contribution is 2.31. The van der Waals surface area contributed by atoms with Crippen LogP contribution in [0.25, 0.3) is 0 Å². The highest BCUT2D eigenvalue weighted by molar-refractivity contribution is 5.27. The molecule has 96 valence electrons. The van der Waals surface area contributed by atoms with Crippen LogP contribution >= 0.6 is 0 Å². The zero-order valence-electron chi connectivity index (χ0n) is 9.96. The van der Waals surface area contributed by atoms with Gasteiger partial charge in [-0.2, -0.15) is 13.2 Å². The van der Waals surface area contributed by atoms with Crippen LogP contribution in [-0.2, 0) is 6.18 Å². The van der Waals surface area contributed by atoms with Gasteiger partial charge in [-0.25, -0.2) is 0 Å². The van der Waals surface area contributed by atoms with Gasteiger partial charge in [-0.05, 0) is 24.1 Å². The van der Waals surface area contributed by atoms with Crippen LogP contribution < -0.4 is 0 Å². The number of alkyl halides is 3. The van der Waals surface area contributed by atoms with E-state index >= 15 is 0 Å². The quantitative estimate of drug-likeness (QED) is 0.852. The van der Waals surface area contributed by atoms with Gasteiger partial charge in [0.2, 0.25) is 0 Å². The Balaban J connectivity index is 2.80. The van der Waals surface area contributed by atoms with Crippen LogP contribution in [-0.4, -0.2) is 11.2 Å². The number of aliphatic hydroxyl groups excluding tert-OH is 1. The maximum atomic E-state index is 12.4. The third kappa shape index (κ3) is 3.73. The van der Waals surface area contributed by atoms with Gasteiger partial charge in [-0.15, -0.1) is 0 Å². The standard InChI is InChI=1S/C13H17F3O/c1-3-4-12(17)9(2)10-5-7-11(8-6-10)13(14,15)16/h5-9,12,17H,3-4H2,1-2H3. The molecule has 0 aliphatic carbocycles. The number of halogens is 3. The molecule has 0 saturated heterocycles. The lowest BCUT2D eigenvalue weighted by molar-refractivity contribution is -0.137. The monoisotopic (exact) mass is 246 g/mol. The Labute approximate surface area is 99.3 Å². The van der Waals surface area contributed by atoms with Gasteiger partial charge in [-0.3, -0.25) is 0 Å². The normalized spacial score (nSPS) is 15.6. The van der Waals surface area contributed by atoms with Crippen LogP contribution in [0, 0.1) is 0 Å². The molecule has 0 radical (unpaired) electrons. The van der Waals surface area contributed by atoms with Gasteiger partial charge in [0.05, 0.1) is 11.7 Å². The second kappa shape index (κ2) is 5.54. The van der Waals surface area contributed by atoms with Crippen molar-refractivity contribution >= 4 is 0 Å². The van der Waals surface area contributed by atoms with E-state index in [0.717, 1.165) is 24.1 Å². The molecule has 0 bridgehead atoms. The third-order valence-electron chi connectivity index (χ3n) is 2.93. The molecule has 1 nitrogen and oxygen atoms in total. The van der Waals surface area contributed by atoms with E-state index in [2.05, 4.69) is 0 Å². The fraction of sp³-hybridized carbons (Fsp3) is 0.538. The van der Waals surface area contributed by atoms with Crippen molar-refractivity contribution in [1.82, 2.24) is 0 Å². The van der Waals surface area contributed by atoms with Gasteiger partial charge in [0, 0.05) is 5.92 Å². The average molecular weight is 246 g/mol. The minimum absolute atomic E-state index is 0.141. The van der Waals surface area contributed by atoms with E-state index in [1.54, 1.807) is 0 Å². The molecule has 1 aromatic rings. The maximum Gasteiger partial charge on any atom is 0.416 e. The minimum atomic E-state index is -4.30. The molecule has 0 aliphatic rings. The SMILES string of the molecule is CCCC(O)C(C)c1ccc(C(F)(F)F)cc1. The molecule has 0 spiro atoms. The van der Waals surface area contributed by atoms with Crippen molar-refractivity contribution in [2.24, 2.45) is 0 Å². The van der Waals surface area contributed by atoms with E-state index in [9.17, 15) is 18.3 Å². The second-order valence-corrected chi connectivity index (χ2v) is 4.26. The lowest BCUT2D eigenvalue weighted by atomic mass is 9.92. The predicted molar refractivity (Wildman–Crippen MR) is 60.8 cm³/mol. The third-order valence-corrected chi connectivity index (χ3v) is 2.93. The van der Waals surface area contributed by atoms with Crippen molar-refractivity contribution in [2.45, 2.75) is 44.9 Å². The molecule has 0 saturated carbocycles. The van der Waals surface area contributed by atoms with Crippen molar-refractivity contribution in [3.8, 4) is 0 Å². The molecule has 2 unspecified atom stereocenters. The number of hydrogen-bond donors (Lipinski definition) is 1. The van der Waals surface area contributed by atoms with Gasteiger partial charge in [0.15, 0.2) is 0 Å². The first kappa shape index (κ1) is 14.0. The molecular weight excluding hydrogens is 229 g/mol. The first-order valence-electron chi connectivity index (χ1n) is 5.71. The zero-order chi connectivity index (χ0) is 13.1. The van der Waals surface area contributed by atoms with Gasteiger partial charge in [0.25, 0.3) is 0 Å². The molecule has 0 heterocycles. The van der Waals surface area contributed by atoms with E-state index in [-0.39, 0.29) is 5.92 Å². The van der Waals surface area contributed by atoms with Crippen LogP contribution in [0.15, 0.2) is 24.3 Å². The highest BCUT2D eigenvalue weighted by Gasteiger charge is 2.30. The fourth-order valence-corrected chi connectivity index (χ4v) is 1.74. The van der Waals surface area contributed by atoms with Crippen molar-refractivity contribution in [1.29, 1.82) is 0 Å². The molecule has 1 rings (SSSR count). The molecular formula is C13H17F3O. The van der Waals surface area contributed by atoms with Gasteiger partial charge >= 0.3 is 6.18 Å². The summed E-state index contributed by atoms with van der Waals surface area (Å²) in [7, 11) is 0. The first-order valence-corrected chi connectivity index (χ1v) is 5.71. The molecule has 0 fully saturated rings. The van der Waals surface area contributed by atoms with Crippen LogP contribution in [0.2, 0.25) is 0 Å². The van der Waals surface area contributed by atoms with Crippen molar-refractivity contribution in [3.63, 3.8) is 0 Å². The minimum Gasteiger partial charge on any atom is -0.393 e. The van der Waals surface area contributed by atoms with Crippen molar-refractivity contribution < 1.29 is 18.3 Å². The van der Waals surface area contributed by atoms with Crippen molar-refractivity contribution in [2.75, 3.05) is 0 Å². The zero-order valence-corrected chi connectivity index (χ0v) is 9.96. The average Bonchev–Trinajstić information content (AvgIpc) is 2.27.